The van der Waals surface area contributed by atoms with Gasteiger partial charge in [0.1, 0.15) is 0 Å². The molecule has 0 bridgehead atoms. The fourth-order valence-corrected chi connectivity index (χ4v) is 13.1. The van der Waals surface area contributed by atoms with Crippen molar-refractivity contribution >= 4 is 17.4 Å². The second-order valence-electron chi connectivity index (χ2n) is 8.56. The Balaban J connectivity index is 1.87. The van der Waals surface area contributed by atoms with Crippen molar-refractivity contribution < 1.29 is 4.52 Å². The van der Waals surface area contributed by atoms with E-state index >= 15 is 0 Å². The van der Waals surface area contributed by atoms with Crippen LogP contribution in [0.15, 0.2) is 60.7 Å². The molecule has 2 aliphatic rings. The predicted octanol–water partition coefficient (Wildman–Crippen LogP) is 5.88. The van der Waals surface area contributed by atoms with Crippen LogP contribution in [0.3, 0.4) is 0 Å². The Labute approximate surface area is 159 Å². The van der Waals surface area contributed by atoms with Crippen LogP contribution in [0.5, 0.6) is 0 Å². The molecule has 140 valence electrons. The zero-order chi connectivity index (χ0) is 18.3. The average Bonchev–Trinajstić information content (AvgIpc) is 2.73. The molecule has 2 aromatic rings. The van der Waals surface area contributed by atoms with Crippen molar-refractivity contribution in [1.29, 1.82) is 0 Å². The third kappa shape index (κ3) is 2.23. The molecule has 2 heteroatoms. The molecule has 0 aromatic heterocycles. The van der Waals surface area contributed by atoms with Crippen molar-refractivity contribution in [3.63, 3.8) is 0 Å². The van der Waals surface area contributed by atoms with Crippen LogP contribution in [0, 0.1) is 5.92 Å². The summed E-state index contributed by atoms with van der Waals surface area (Å²) in [6, 6.07) is 22.3. The molecule has 0 amide bonds. The zero-order valence-corrected chi connectivity index (χ0v) is 17.4. The topological polar surface area (TPSA) is 9.23 Å². The van der Waals surface area contributed by atoms with Gasteiger partial charge >= 0.3 is 159 Å². The molecule has 1 aliphatic carbocycles. The number of rotatable bonds is 4. The van der Waals surface area contributed by atoms with Crippen LogP contribution >= 0.6 is 6.83 Å². The monoisotopic (exact) mass is 368 g/mol. The van der Waals surface area contributed by atoms with Crippen LogP contribution in [0.1, 0.15) is 52.9 Å². The van der Waals surface area contributed by atoms with E-state index in [2.05, 4.69) is 81.4 Å². The summed E-state index contributed by atoms with van der Waals surface area (Å²) < 4.78 is 7.41. The summed E-state index contributed by atoms with van der Waals surface area (Å²) in [5, 5.41) is 2.88. The molecule has 1 aliphatic heterocycles. The van der Waals surface area contributed by atoms with Crippen molar-refractivity contribution in [1.82, 2.24) is 0 Å². The Morgan fingerprint density at radius 1 is 0.885 bits per heavy atom. The first-order valence-electron chi connectivity index (χ1n) is 10.4. The van der Waals surface area contributed by atoms with Crippen molar-refractivity contribution in [2.75, 3.05) is 6.16 Å². The second kappa shape index (κ2) is 6.47. The predicted molar refractivity (Wildman–Crippen MR) is 115 cm³/mol. The first kappa shape index (κ1) is 18.2. The number of hydrogen-bond acceptors (Lipinski definition) is 1. The third-order valence-electron chi connectivity index (χ3n) is 7.74. The average molecular weight is 369 g/mol. The fraction of sp³-hybridized carbons (Fsp3) is 0.500. The first-order chi connectivity index (χ1) is 12.6. The maximum absolute atomic E-state index is 7.41. The first-order valence-corrected chi connectivity index (χ1v) is 12.8. The van der Waals surface area contributed by atoms with Gasteiger partial charge in [0.2, 0.25) is 0 Å². The Morgan fingerprint density at radius 3 is 1.81 bits per heavy atom. The summed E-state index contributed by atoms with van der Waals surface area (Å²) in [7, 11) is 0. The molecule has 1 saturated carbocycles. The zero-order valence-electron chi connectivity index (χ0n) is 16.5. The Morgan fingerprint density at radius 2 is 1.38 bits per heavy atom. The van der Waals surface area contributed by atoms with Crippen LogP contribution in [-0.2, 0) is 4.52 Å². The summed E-state index contributed by atoms with van der Waals surface area (Å²) in [6.45, 7) is 4.63. The summed E-state index contributed by atoms with van der Waals surface area (Å²) >= 11 is 0. The Bertz CT molecular complexity index is 711. The second-order valence-corrected chi connectivity index (χ2v) is 13.8. The molecular formula is C24H33OP. The molecule has 0 unspecified atom stereocenters. The molecule has 26 heavy (non-hydrogen) atoms. The van der Waals surface area contributed by atoms with E-state index in [1.807, 2.05) is 0 Å². The molecule has 2 atom stereocenters. The van der Waals surface area contributed by atoms with Gasteiger partial charge in [-0.05, 0) is 0 Å². The maximum atomic E-state index is 7.41. The van der Waals surface area contributed by atoms with E-state index in [1.54, 1.807) is 0 Å². The van der Waals surface area contributed by atoms with Gasteiger partial charge in [0.25, 0.3) is 0 Å². The number of benzene rings is 2. The van der Waals surface area contributed by atoms with E-state index in [0.717, 1.165) is 6.16 Å². The summed E-state index contributed by atoms with van der Waals surface area (Å²) in [5.74, 6) is 0.709. The summed E-state index contributed by atoms with van der Waals surface area (Å²) in [5.41, 5.74) is 0.575. The summed E-state index contributed by atoms with van der Waals surface area (Å²) in [6.07, 6.45) is 7.89. The normalized spacial score (nSPS) is 32.1. The van der Waals surface area contributed by atoms with Crippen molar-refractivity contribution in [3.8, 4) is 0 Å². The molecule has 2 fully saturated rings. The Hall–Kier alpha value is -1.17. The third-order valence-corrected chi connectivity index (χ3v) is 14.8. The molecule has 4 rings (SSSR count). The van der Waals surface area contributed by atoms with Crippen molar-refractivity contribution in [2.24, 2.45) is 5.92 Å². The molecular weight excluding hydrogens is 335 g/mol. The van der Waals surface area contributed by atoms with Gasteiger partial charge in [0.05, 0.1) is 0 Å². The van der Waals surface area contributed by atoms with Crippen LogP contribution < -0.4 is 10.6 Å². The summed E-state index contributed by atoms with van der Waals surface area (Å²) in [4.78, 5) is 0. The van der Waals surface area contributed by atoms with E-state index < -0.39 is 6.83 Å². The minimum absolute atomic E-state index is 0.0138. The Kier molecular flexibility index (Phi) is 4.53. The van der Waals surface area contributed by atoms with E-state index in [-0.39, 0.29) is 5.60 Å². The molecule has 1 saturated heterocycles. The molecule has 2 aromatic carbocycles. The molecule has 1 nitrogen and oxygen atoms in total. The van der Waals surface area contributed by atoms with Gasteiger partial charge < -0.3 is 0 Å². The van der Waals surface area contributed by atoms with Gasteiger partial charge in [0, 0.05) is 0 Å². The van der Waals surface area contributed by atoms with Crippen LogP contribution in [-0.4, -0.2) is 17.4 Å². The SMILES string of the molecule is CCP1(c2ccccc2)(c2ccccc2)O[C@](C)(C2CCCCC2)[C@H]1C. The van der Waals surface area contributed by atoms with E-state index in [4.69, 9.17) is 4.52 Å². The van der Waals surface area contributed by atoms with Gasteiger partial charge in [0.15, 0.2) is 0 Å². The van der Waals surface area contributed by atoms with E-state index in [9.17, 15) is 0 Å². The fourth-order valence-electron chi connectivity index (χ4n) is 6.10. The van der Waals surface area contributed by atoms with Crippen LogP contribution in [0.4, 0.5) is 0 Å². The molecule has 0 spiro atoms. The van der Waals surface area contributed by atoms with E-state index in [0.29, 0.717) is 11.6 Å². The van der Waals surface area contributed by atoms with Gasteiger partial charge in [-0.3, -0.25) is 0 Å². The van der Waals surface area contributed by atoms with Gasteiger partial charge in [-0.25, -0.2) is 0 Å². The standard InChI is InChI=1S/C24H33OP/c1-4-26(22-16-10-6-11-17-22,23-18-12-7-13-19-23)20(2)24(3,25-26)21-14-8-5-9-15-21/h6-7,10-13,16-21H,4-5,8-9,14-15H2,1-3H3/t20-,24+/m1/s1. The number of hydrogen-bond donors (Lipinski definition) is 0. The van der Waals surface area contributed by atoms with Crippen molar-refractivity contribution in [3.05, 3.63) is 60.7 Å². The van der Waals surface area contributed by atoms with Crippen LogP contribution in [0.25, 0.3) is 0 Å². The molecule has 0 N–H and O–H groups in total. The molecule has 0 radical (unpaired) electrons. The molecule has 1 heterocycles. The van der Waals surface area contributed by atoms with Crippen molar-refractivity contribution in [2.45, 2.75) is 64.1 Å². The van der Waals surface area contributed by atoms with Gasteiger partial charge in [-0.1, -0.05) is 0 Å². The van der Waals surface area contributed by atoms with Crippen LogP contribution in [0.2, 0.25) is 0 Å². The van der Waals surface area contributed by atoms with E-state index in [1.165, 1.54) is 42.7 Å². The quantitative estimate of drug-likeness (QED) is 0.612. The van der Waals surface area contributed by atoms with Gasteiger partial charge in [-0.2, -0.15) is 0 Å². The minimum atomic E-state index is -2.65. The van der Waals surface area contributed by atoms with Gasteiger partial charge in [-0.15, -0.1) is 0 Å².